The largest absolute Gasteiger partial charge is 0.342 e. The summed E-state index contributed by atoms with van der Waals surface area (Å²) in [7, 11) is 1.68. The van der Waals surface area contributed by atoms with E-state index in [0.717, 1.165) is 0 Å². The number of Topliss-reactive ketones (excluding diaryl/α,β-unsaturated/α-hetero) is 1. The van der Waals surface area contributed by atoms with E-state index in [1.54, 1.807) is 58.8 Å². The topological polar surface area (TPSA) is 71.1 Å². The maximum atomic E-state index is 12.9. The number of imidazole rings is 1. The zero-order chi connectivity index (χ0) is 22.0. The third kappa shape index (κ3) is 4.46. The molecule has 0 aliphatic rings. The van der Waals surface area contributed by atoms with E-state index in [1.165, 1.54) is 17.9 Å². The predicted octanol–water partition coefficient (Wildman–Crippen LogP) is 4.71. The summed E-state index contributed by atoms with van der Waals surface area (Å²) in [4.78, 5) is 25.8. The van der Waals surface area contributed by atoms with Gasteiger partial charge in [-0.3, -0.25) is 19.6 Å². The van der Waals surface area contributed by atoms with Gasteiger partial charge in [-0.1, -0.05) is 40.9 Å². The molecule has 0 bridgehead atoms. The summed E-state index contributed by atoms with van der Waals surface area (Å²) in [6.45, 7) is 1.76. The Labute approximate surface area is 188 Å². The van der Waals surface area contributed by atoms with Gasteiger partial charge in [0, 0.05) is 37.3 Å². The van der Waals surface area contributed by atoms with Crippen molar-refractivity contribution < 1.29 is 9.59 Å². The number of ketones is 1. The van der Waals surface area contributed by atoms with Crippen LogP contribution in [0.25, 0.3) is 17.2 Å². The maximum absolute atomic E-state index is 12.9. The normalized spacial score (nSPS) is 11.4. The van der Waals surface area contributed by atoms with Crippen LogP contribution >= 0.6 is 34.8 Å². The molecule has 6 nitrogen and oxygen atoms in total. The summed E-state index contributed by atoms with van der Waals surface area (Å²) in [6.07, 6.45) is 3.43. The lowest BCUT2D eigenvalue weighted by Gasteiger charge is -2.11. The van der Waals surface area contributed by atoms with Crippen molar-refractivity contribution >= 4 is 63.7 Å². The molecule has 1 amide bonds. The summed E-state index contributed by atoms with van der Waals surface area (Å²) in [6, 6.07) is 9.96. The van der Waals surface area contributed by atoms with Gasteiger partial charge in [-0.2, -0.15) is 0 Å². The Kier molecular flexibility index (Phi) is 6.71. The fraction of sp³-hybridized carbons (Fsp3) is 0.190. The Hall–Kier alpha value is -2.54. The van der Waals surface area contributed by atoms with Crippen molar-refractivity contribution in [2.24, 2.45) is 0 Å². The van der Waals surface area contributed by atoms with Crippen LogP contribution in [0.2, 0.25) is 15.1 Å². The number of likely N-dealkylation sites (N-methyl/N-ethyl adjacent to an activating group) is 1. The number of rotatable bonds is 6. The van der Waals surface area contributed by atoms with Gasteiger partial charge in [-0.25, -0.2) is 0 Å². The number of benzene rings is 2. The van der Waals surface area contributed by atoms with Crippen LogP contribution in [0.4, 0.5) is 0 Å². The third-order valence-corrected chi connectivity index (χ3v) is 5.54. The van der Waals surface area contributed by atoms with Crippen LogP contribution in [0.1, 0.15) is 17.3 Å². The molecule has 0 spiro atoms. The zero-order valence-corrected chi connectivity index (χ0v) is 18.6. The van der Waals surface area contributed by atoms with Gasteiger partial charge < -0.3 is 9.47 Å². The van der Waals surface area contributed by atoms with Gasteiger partial charge in [-0.15, -0.1) is 0 Å². The van der Waals surface area contributed by atoms with E-state index in [1.807, 2.05) is 0 Å². The predicted molar refractivity (Wildman–Crippen MR) is 120 cm³/mol. The molecule has 0 radical (unpaired) electrons. The standard InChI is InChI=1S/C21H19Cl3N4O2/c1-13(29)26(2)9-4-10-27-20-16(23)5-3-6-18(20)28(21(27)25)12-19(30)15-8-7-14(22)11-17(15)24/h3-8,10-11,25H,9,12H2,1-2H3/b10-4+,25-21?. The number of fused-ring (bicyclic) bond motifs is 1. The molecule has 1 N–H and O–H groups in total. The summed E-state index contributed by atoms with van der Waals surface area (Å²) in [5.74, 6) is -0.323. The second-order valence-corrected chi connectivity index (χ2v) is 7.97. The van der Waals surface area contributed by atoms with Crippen molar-refractivity contribution in [3.63, 3.8) is 0 Å². The molecule has 0 saturated carbocycles. The zero-order valence-electron chi connectivity index (χ0n) is 16.3. The van der Waals surface area contributed by atoms with Crippen molar-refractivity contribution in [1.29, 1.82) is 5.41 Å². The van der Waals surface area contributed by atoms with E-state index in [4.69, 9.17) is 40.2 Å². The van der Waals surface area contributed by atoms with Crippen LogP contribution in [0.5, 0.6) is 0 Å². The average Bonchev–Trinajstić information content (AvgIpc) is 2.94. The molecule has 0 saturated heterocycles. The van der Waals surface area contributed by atoms with E-state index >= 15 is 0 Å². The highest BCUT2D eigenvalue weighted by Crippen LogP contribution is 2.25. The molecule has 1 heterocycles. The van der Waals surface area contributed by atoms with Gasteiger partial charge in [0.2, 0.25) is 11.5 Å². The van der Waals surface area contributed by atoms with Crippen LogP contribution in [0.15, 0.2) is 42.5 Å². The van der Waals surface area contributed by atoms with E-state index in [9.17, 15) is 9.59 Å². The molecule has 0 aliphatic heterocycles. The number of halogens is 3. The van der Waals surface area contributed by atoms with Crippen molar-refractivity contribution in [2.75, 3.05) is 13.6 Å². The number of carbonyl (C=O) groups is 2. The van der Waals surface area contributed by atoms with Crippen LogP contribution in [-0.2, 0) is 11.3 Å². The highest BCUT2D eigenvalue weighted by atomic mass is 35.5. The molecule has 0 unspecified atom stereocenters. The molecule has 156 valence electrons. The molecular formula is C21H19Cl3N4O2. The Morgan fingerprint density at radius 2 is 1.87 bits per heavy atom. The Morgan fingerprint density at radius 3 is 2.53 bits per heavy atom. The number of para-hydroxylation sites is 1. The van der Waals surface area contributed by atoms with Crippen LogP contribution in [0.3, 0.4) is 0 Å². The van der Waals surface area contributed by atoms with Crippen LogP contribution in [-0.4, -0.2) is 39.3 Å². The van der Waals surface area contributed by atoms with Gasteiger partial charge >= 0.3 is 0 Å². The lowest BCUT2D eigenvalue weighted by molar-refractivity contribution is -0.127. The van der Waals surface area contributed by atoms with Crippen LogP contribution in [0, 0.1) is 5.41 Å². The number of aromatic nitrogens is 2. The van der Waals surface area contributed by atoms with Crippen molar-refractivity contribution in [3.8, 4) is 0 Å². The highest BCUT2D eigenvalue weighted by Gasteiger charge is 2.17. The maximum Gasteiger partial charge on any atom is 0.219 e. The van der Waals surface area contributed by atoms with E-state index in [-0.39, 0.29) is 28.9 Å². The number of carbonyl (C=O) groups excluding carboxylic acids is 2. The van der Waals surface area contributed by atoms with Gasteiger partial charge in [0.25, 0.3) is 0 Å². The van der Waals surface area contributed by atoms with Gasteiger partial charge in [0.15, 0.2) is 5.78 Å². The van der Waals surface area contributed by atoms with Crippen LogP contribution < -0.4 is 5.62 Å². The SMILES string of the molecule is CC(=O)N(C)C/C=C/n1c(=N)n(CC(=O)c2ccc(Cl)cc2Cl)c2cccc(Cl)c21. The first-order valence-corrected chi connectivity index (χ1v) is 10.1. The third-order valence-electron chi connectivity index (χ3n) is 4.69. The number of amides is 1. The first-order chi connectivity index (χ1) is 14.2. The van der Waals surface area contributed by atoms with Gasteiger partial charge in [0.05, 0.1) is 27.6 Å². The number of nitrogens with zero attached hydrogens (tertiary/aromatic N) is 3. The molecule has 0 aliphatic carbocycles. The molecule has 30 heavy (non-hydrogen) atoms. The molecule has 9 heteroatoms. The Balaban J connectivity index is 2.03. The fourth-order valence-electron chi connectivity index (χ4n) is 3.00. The summed E-state index contributed by atoms with van der Waals surface area (Å²) in [5, 5.41) is 9.76. The number of nitrogens with one attached hydrogen (secondary N) is 1. The number of hydrogen-bond acceptors (Lipinski definition) is 3. The molecule has 0 atom stereocenters. The average molecular weight is 466 g/mol. The first kappa shape index (κ1) is 22.2. The molecule has 0 fully saturated rings. The lowest BCUT2D eigenvalue weighted by atomic mass is 10.1. The van der Waals surface area contributed by atoms with Gasteiger partial charge in [0.1, 0.15) is 0 Å². The minimum Gasteiger partial charge on any atom is -0.342 e. The second kappa shape index (κ2) is 9.08. The Bertz CT molecular complexity index is 1230. The molecule has 3 rings (SSSR count). The number of hydrogen-bond donors (Lipinski definition) is 1. The highest BCUT2D eigenvalue weighted by molar-refractivity contribution is 6.37. The molecule has 2 aromatic carbocycles. The first-order valence-electron chi connectivity index (χ1n) is 9.01. The summed E-state index contributed by atoms with van der Waals surface area (Å²) < 4.78 is 3.15. The molecule has 1 aromatic heterocycles. The molecule has 3 aromatic rings. The lowest BCUT2D eigenvalue weighted by Crippen LogP contribution is -2.26. The minimum atomic E-state index is -0.255. The second-order valence-electron chi connectivity index (χ2n) is 6.72. The van der Waals surface area contributed by atoms with Crippen molar-refractivity contribution in [2.45, 2.75) is 13.5 Å². The van der Waals surface area contributed by atoms with Crippen molar-refractivity contribution in [3.05, 3.63) is 68.7 Å². The van der Waals surface area contributed by atoms with E-state index in [2.05, 4.69) is 0 Å². The van der Waals surface area contributed by atoms with Crippen molar-refractivity contribution in [1.82, 2.24) is 14.0 Å². The smallest absolute Gasteiger partial charge is 0.219 e. The summed E-state index contributed by atoms with van der Waals surface area (Å²) >= 11 is 18.5. The quantitative estimate of drug-likeness (QED) is 0.535. The van der Waals surface area contributed by atoms with Gasteiger partial charge in [-0.05, 0) is 36.4 Å². The summed E-state index contributed by atoms with van der Waals surface area (Å²) in [5.41, 5.74) is 1.63. The van der Waals surface area contributed by atoms with E-state index < -0.39 is 0 Å². The molecular weight excluding hydrogens is 447 g/mol. The fourth-order valence-corrected chi connectivity index (χ4v) is 3.77. The van der Waals surface area contributed by atoms with E-state index in [0.29, 0.717) is 33.2 Å². The Morgan fingerprint density at radius 1 is 1.13 bits per heavy atom. The minimum absolute atomic E-state index is 0.0678. The monoisotopic (exact) mass is 464 g/mol.